The van der Waals surface area contributed by atoms with Crippen molar-refractivity contribution in [2.24, 2.45) is 7.05 Å². The third-order valence-electron chi connectivity index (χ3n) is 2.53. The van der Waals surface area contributed by atoms with E-state index in [1.165, 1.54) is 7.11 Å². The number of anilines is 1. The van der Waals surface area contributed by atoms with Gasteiger partial charge < -0.3 is 14.5 Å². The third-order valence-corrected chi connectivity index (χ3v) is 2.53. The zero-order valence-corrected chi connectivity index (χ0v) is 10.5. The summed E-state index contributed by atoms with van der Waals surface area (Å²) in [5, 5.41) is 7.28. The van der Waals surface area contributed by atoms with Crippen molar-refractivity contribution < 1.29 is 13.9 Å². The van der Waals surface area contributed by atoms with Crippen LogP contribution in [-0.4, -0.2) is 22.9 Å². The summed E-state index contributed by atoms with van der Waals surface area (Å²) in [7, 11) is 3.17. The summed E-state index contributed by atoms with van der Waals surface area (Å²) in [4.78, 5) is 11.3. The molecular formula is C12H15N3O3. The first-order valence-electron chi connectivity index (χ1n) is 5.53. The maximum atomic E-state index is 11.3. The van der Waals surface area contributed by atoms with Crippen LogP contribution in [-0.2, 0) is 11.8 Å². The first kappa shape index (κ1) is 12.2. The van der Waals surface area contributed by atoms with Gasteiger partial charge in [0.25, 0.3) is 0 Å². The molecule has 0 saturated heterocycles. The molecule has 1 N–H and O–H groups in total. The predicted molar refractivity (Wildman–Crippen MR) is 65.3 cm³/mol. The molecule has 2 aromatic heterocycles. The Labute approximate surface area is 105 Å². The number of methoxy groups -OCH3 is 1. The van der Waals surface area contributed by atoms with E-state index >= 15 is 0 Å². The molecule has 2 heterocycles. The number of hydrogen-bond donors (Lipinski definition) is 1. The van der Waals surface area contributed by atoms with Gasteiger partial charge >= 0.3 is 5.97 Å². The molecule has 6 heteroatoms. The lowest BCUT2D eigenvalue weighted by atomic mass is 10.2. The number of nitrogens with zero attached hydrogens (tertiary/aromatic N) is 2. The van der Waals surface area contributed by atoms with Crippen molar-refractivity contribution in [2.75, 3.05) is 12.4 Å². The van der Waals surface area contributed by atoms with E-state index in [1.54, 1.807) is 23.0 Å². The monoisotopic (exact) mass is 249 g/mol. The van der Waals surface area contributed by atoms with Gasteiger partial charge in [0.05, 0.1) is 25.0 Å². The van der Waals surface area contributed by atoms with Gasteiger partial charge in [0, 0.05) is 13.2 Å². The van der Waals surface area contributed by atoms with Gasteiger partial charge in [0.2, 0.25) is 5.76 Å². The van der Waals surface area contributed by atoms with E-state index < -0.39 is 5.97 Å². The van der Waals surface area contributed by atoms with Crippen LogP contribution in [0.2, 0.25) is 0 Å². The number of nitrogens with one attached hydrogen (secondary N) is 1. The van der Waals surface area contributed by atoms with Crippen LogP contribution in [0.25, 0.3) is 0 Å². The molecular weight excluding hydrogens is 234 g/mol. The van der Waals surface area contributed by atoms with Gasteiger partial charge in [-0.3, -0.25) is 4.68 Å². The second-order valence-corrected chi connectivity index (χ2v) is 3.96. The van der Waals surface area contributed by atoms with Crippen LogP contribution >= 0.6 is 0 Å². The average molecular weight is 249 g/mol. The Morgan fingerprint density at radius 3 is 2.94 bits per heavy atom. The number of hydrogen-bond acceptors (Lipinski definition) is 5. The second kappa shape index (κ2) is 4.95. The minimum Gasteiger partial charge on any atom is -0.463 e. The highest BCUT2D eigenvalue weighted by Gasteiger charge is 2.15. The van der Waals surface area contributed by atoms with Crippen molar-refractivity contribution in [1.82, 2.24) is 9.78 Å². The van der Waals surface area contributed by atoms with Crippen molar-refractivity contribution >= 4 is 11.7 Å². The summed E-state index contributed by atoms with van der Waals surface area (Å²) in [6, 6.07) is 3.29. The quantitative estimate of drug-likeness (QED) is 0.839. The van der Waals surface area contributed by atoms with Crippen molar-refractivity contribution in [3.63, 3.8) is 0 Å². The van der Waals surface area contributed by atoms with E-state index in [2.05, 4.69) is 15.2 Å². The number of aryl methyl sites for hydroxylation is 1. The lowest BCUT2D eigenvalue weighted by Crippen LogP contribution is -2.05. The Balaban J connectivity index is 2.07. The maximum absolute atomic E-state index is 11.3. The number of furan rings is 1. The lowest BCUT2D eigenvalue weighted by molar-refractivity contribution is 0.0562. The van der Waals surface area contributed by atoms with Crippen molar-refractivity contribution in [1.29, 1.82) is 0 Å². The van der Waals surface area contributed by atoms with Crippen LogP contribution in [0, 0.1) is 0 Å². The van der Waals surface area contributed by atoms with Gasteiger partial charge in [0.1, 0.15) is 5.76 Å². The van der Waals surface area contributed by atoms with Gasteiger partial charge in [0.15, 0.2) is 0 Å². The van der Waals surface area contributed by atoms with E-state index in [9.17, 15) is 4.79 Å². The number of rotatable bonds is 4. The highest BCUT2D eigenvalue weighted by molar-refractivity contribution is 5.86. The van der Waals surface area contributed by atoms with E-state index in [4.69, 9.17) is 4.42 Å². The van der Waals surface area contributed by atoms with Gasteiger partial charge in [-0.1, -0.05) is 0 Å². The zero-order valence-electron chi connectivity index (χ0n) is 10.5. The Morgan fingerprint density at radius 2 is 2.33 bits per heavy atom. The molecule has 2 rings (SSSR count). The molecule has 0 saturated carbocycles. The SMILES string of the molecule is COC(=O)c1ccc(C(C)Nc2cnn(C)c2)o1. The highest BCUT2D eigenvalue weighted by atomic mass is 16.5. The number of esters is 1. The Hall–Kier alpha value is -2.24. The standard InChI is InChI=1S/C12H15N3O3/c1-8(14-9-6-13-15(2)7-9)10-4-5-11(18-10)12(16)17-3/h4-8,14H,1-3H3. The molecule has 0 amide bonds. The molecule has 0 aromatic carbocycles. The fraction of sp³-hybridized carbons (Fsp3) is 0.333. The van der Waals surface area contributed by atoms with Gasteiger partial charge in [-0.2, -0.15) is 5.10 Å². The van der Waals surface area contributed by atoms with Crippen LogP contribution in [0.5, 0.6) is 0 Å². The summed E-state index contributed by atoms with van der Waals surface area (Å²) >= 11 is 0. The molecule has 0 aliphatic carbocycles. The highest BCUT2D eigenvalue weighted by Crippen LogP contribution is 2.21. The zero-order chi connectivity index (χ0) is 13.1. The molecule has 0 radical (unpaired) electrons. The van der Waals surface area contributed by atoms with Gasteiger partial charge in [-0.05, 0) is 19.1 Å². The number of aromatic nitrogens is 2. The van der Waals surface area contributed by atoms with Gasteiger partial charge in [-0.25, -0.2) is 4.79 Å². The summed E-state index contributed by atoms with van der Waals surface area (Å²) in [6.45, 7) is 1.94. The fourth-order valence-corrected chi connectivity index (χ4v) is 1.61. The first-order chi connectivity index (χ1) is 8.60. The minimum atomic E-state index is -0.477. The molecule has 1 atom stereocenters. The van der Waals surface area contributed by atoms with E-state index in [1.807, 2.05) is 20.2 Å². The summed E-state index contributed by atoms with van der Waals surface area (Å²) in [5.41, 5.74) is 0.890. The molecule has 0 spiro atoms. The average Bonchev–Trinajstić information content (AvgIpc) is 2.97. The Kier molecular flexibility index (Phi) is 3.36. The lowest BCUT2D eigenvalue weighted by Gasteiger charge is -2.10. The Morgan fingerprint density at radius 1 is 1.56 bits per heavy atom. The second-order valence-electron chi connectivity index (χ2n) is 3.96. The van der Waals surface area contributed by atoms with Crippen LogP contribution in [0.15, 0.2) is 28.9 Å². The summed E-state index contributed by atoms with van der Waals surface area (Å²) in [5.74, 6) is 0.390. The van der Waals surface area contributed by atoms with Crippen LogP contribution in [0.4, 0.5) is 5.69 Å². The van der Waals surface area contributed by atoms with Gasteiger partial charge in [-0.15, -0.1) is 0 Å². The van der Waals surface area contributed by atoms with E-state index in [0.717, 1.165) is 5.69 Å². The normalized spacial score (nSPS) is 12.2. The number of carbonyl (C=O) groups is 1. The van der Waals surface area contributed by atoms with Crippen molar-refractivity contribution in [2.45, 2.75) is 13.0 Å². The number of ether oxygens (including phenoxy) is 1. The largest absolute Gasteiger partial charge is 0.463 e. The predicted octanol–water partition coefficient (Wildman–Crippen LogP) is 1.97. The molecule has 18 heavy (non-hydrogen) atoms. The van der Waals surface area contributed by atoms with Crippen molar-refractivity contribution in [3.05, 3.63) is 36.0 Å². The van der Waals surface area contributed by atoms with E-state index in [0.29, 0.717) is 5.76 Å². The molecule has 6 nitrogen and oxygen atoms in total. The van der Waals surface area contributed by atoms with Crippen LogP contribution in [0.1, 0.15) is 29.3 Å². The van der Waals surface area contributed by atoms with Crippen LogP contribution in [0.3, 0.4) is 0 Å². The summed E-state index contributed by atoms with van der Waals surface area (Å²) < 4.78 is 11.7. The van der Waals surface area contributed by atoms with Crippen molar-refractivity contribution in [3.8, 4) is 0 Å². The molecule has 0 fully saturated rings. The maximum Gasteiger partial charge on any atom is 0.373 e. The van der Waals surface area contributed by atoms with Crippen LogP contribution < -0.4 is 5.32 Å². The molecule has 0 bridgehead atoms. The first-order valence-corrected chi connectivity index (χ1v) is 5.53. The molecule has 0 aliphatic heterocycles. The molecule has 1 unspecified atom stereocenters. The summed E-state index contributed by atoms with van der Waals surface area (Å²) in [6.07, 6.45) is 3.58. The fourth-order valence-electron chi connectivity index (χ4n) is 1.61. The topological polar surface area (TPSA) is 69.3 Å². The molecule has 0 aliphatic rings. The van der Waals surface area contributed by atoms with E-state index in [-0.39, 0.29) is 11.8 Å². The number of carbonyl (C=O) groups excluding carboxylic acids is 1. The minimum absolute atomic E-state index is 0.0624. The Bertz CT molecular complexity index is 544. The third kappa shape index (κ3) is 2.53. The molecule has 2 aromatic rings. The smallest absolute Gasteiger partial charge is 0.373 e. The molecule has 96 valence electrons.